The van der Waals surface area contributed by atoms with Gasteiger partial charge in [-0.15, -0.1) is 0 Å². The van der Waals surface area contributed by atoms with E-state index in [9.17, 15) is 4.79 Å². The molecule has 20 heavy (non-hydrogen) atoms. The van der Waals surface area contributed by atoms with Crippen molar-refractivity contribution in [1.29, 1.82) is 0 Å². The van der Waals surface area contributed by atoms with E-state index in [1.54, 1.807) is 18.3 Å². The van der Waals surface area contributed by atoms with E-state index in [1.807, 2.05) is 6.92 Å². The Hall–Kier alpha value is -1.58. The van der Waals surface area contributed by atoms with Crippen molar-refractivity contribution in [3.8, 4) is 0 Å². The summed E-state index contributed by atoms with van der Waals surface area (Å²) < 4.78 is 0. The number of rotatable bonds is 5. The lowest BCUT2D eigenvalue weighted by atomic mass is 9.81. The van der Waals surface area contributed by atoms with Crippen molar-refractivity contribution in [2.24, 2.45) is 5.41 Å². The number of nitrogens with one attached hydrogen (secondary N) is 2. The molecule has 2 N–H and O–H groups in total. The van der Waals surface area contributed by atoms with Crippen molar-refractivity contribution in [2.45, 2.75) is 53.5 Å². The molecule has 0 radical (unpaired) electrons. The minimum absolute atomic E-state index is 0.0803. The summed E-state index contributed by atoms with van der Waals surface area (Å²) in [6.07, 6.45) is 2.59. The monoisotopic (exact) mass is 277 g/mol. The van der Waals surface area contributed by atoms with Crippen LogP contribution in [0.4, 0.5) is 5.82 Å². The van der Waals surface area contributed by atoms with Crippen LogP contribution in [0.5, 0.6) is 0 Å². The van der Waals surface area contributed by atoms with Gasteiger partial charge in [-0.05, 0) is 44.7 Å². The third-order valence-corrected chi connectivity index (χ3v) is 2.82. The third-order valence-electron chi connectivity index (χ3n) is 2.82. The maximum Gasteiger partial charge on any atom is 0.255 e. The molecule has 0 atom stereocenters. The Bertz CT molecular complexity index is 461. The molecular formula is C16H27N3O. The van der Waals surface area contributed by atoms with Gasteiger partial charge in [0.1, 0.15) is 5.82 Å². The van der Waals surface area contributed by atoms with Crippen molar-refractivity contribution >= 4 is 11.7 Å². The zero-order chi connectivity index (χ0) is 15.4. The minimum Gasteiger partial charge on any atom is -0.370 e. The normalized spacial score (nSPS) is 12.1. The van der Waals surface area contributed by atoms with Gasteiger partial charge in [-0.2, -0.15) is 0 Å². The van der Waals surface area contributed by atoms with Gasteiger partial charge < -0.3 is 10.6 Å². The first-order valence-corrected chi connectivity index (χ1v) is 7.16. The molecule has 0 aliphatic heterocycles. The lowest BCUT2D eigenvalue weighted by Crippen LogP contribution is -2.46. The van der Waals surface area contributed by atoms with Crippen molar-refractivity contribution in [1.82, 2.24) is 10.3 Å². The molecule has 0 saturated carbocycles. The number of hydrogen-bond donors (Lipinski definition) is 2. The maximum absolute atomic E-state index is 12.5. The second-order valence-corrected chi connectivity index (χ2v) is 7.01. The van der Waals surface area contributed by atoms with E-state index in [2.05, 4.69) is 50.2 Å². The van der Waals surface area contributed by atoms with Crippen LogP contribution in [0.15, 0.2) is 18.3 Å². The smallest absolute Gasteiger partial charge is 0.255 e. The van der Waals surface area contributed by atoms with Gasteiger partial charge in [-0.1, -0.05) is 20.8 Å². The van der Waals surface area contributed by atoms with E-state index < -0.39 is 0 Å². The molecule has 1 aromatic heterocycles. The van der Waals surface area contributed by atoms with Crippen LogP contribution >= 0.6 is 0 Å². The number of carbonyl (C=O) groups excluding carboxylic acids is 1. The molecule has 0 aliphatic carbocycles. The summed E-state index contributed by atoms with van der Waals surface area (Å²) in [6, 6.07) is 3.58. The zero-order valence-electron chi connectivity index (χ0n) is 13.5. The molecule has 1 aromatic rings. The van der Waals surface area contributed by atoms with Crippen LogP contribution in [0.3, 0.4) is 0 Å². The van der Waals surface area contributed by atoms with Gasteiger partial charge >= 0.3 is 0 Å². The highest BCUT2D eigenvalue weighted by atomic mass is 16.1. The molecule has 112 valence electrons. The first-order chi connectivity index (χ1) is 9.14. The molecule has 1 rings (SSSR count). The van der Waals surface area contributed by atoms with Gasteiger partial charge in [-0.3, -0.25) is 4.79 Å². The summed E-state index contributed by atoms with van der Waals surface area (Å²) in [5.41, 5.74) is 0.501. The SMILES string of the molecule is CCNc1ncccc1C(=O)NC(C)(C)CC(C)(C)C. The van der Waals surface area contributed by atoms with Crippen LogP contribution in [0.1, 0.15) is 58.3 Å². The van der Waals surface area contributed by atoms with Gasteiger partial charge in [0.05, 0.1) is 5.56 Å². The van der Waals surface area contributed by atoms with Gasteiger partial charge in [0.25, 0.3) is 5.91 Å². The molecular weight excluding hydrogens is 250 g/mol. The molecule has 0 unspecified atom stereocenters. The Morgan fingerprint density at radius 1 is 1.25 bits per heavy atom. The number of hydrogen-bond acceptors (Lipinski definition) is 3. The van der Waals surface area contributed by atoms with Crippen LogP contribution in [0.25, 0.3) is 0 Å². The van der Waals surface area contributed by atoms with E-state index in [1.165, 1.54) is 0 Å². The van der Waals surface area contributed by atoms with Gasteiger partial charge in [0.15, 0.2) is 0 Å². The van der Waals surface area contributed by atoms with Crippen molar-refractivity contribution < 1.29 is 4.79 Å². The summed E-state index contributed by atoms with van der Waals surface area (Å²) in [6.45, 7) is 13.4. The molecule has 0 aromatic carbocycles. The third kappa shape index (κ3) is 5.19. The number of pyridine rings is 1. The largest absolute Gasteiger partial charge is 0.370 e. The van der Waals surface area contributed by atoms with E-state index in [0.29, 0.717) is 11.4 Å². The van der Waals surface area contributed by atoms with E-state index in [0.717, 1.165) is 13.0 Å². The van der Waals surface area contributed by atoms with Crippen LogP contribution in [0.2, 0.25) is 0 Å². The fraction of sp³-hybridized carbons (Fsp3) is 0.625. The van der Waals surface area contributed by atoms with Crippen LogP contribution in [0, 0.1) is 5.41 Å². The van der Waals surface area contributed by atoms with E-state index >= 15 is 0 Å². The summed E-state index contributed by atoms with van der Waals surface area (Å²) in [7, 11) is 0. The maximum atomic E-state index is 12.5. The topological polar surface area (TPSA) is 54.0 Å². The molecule has 0 bridgehead atoms. The standard InChI is InChI=1S/C16H27N3O/c1-7-17-13-12(9-8-10-18-13)14(20)19-16(5,6)11-15(2,3)4/h8-10H,7,11H2,1-6H3,(H,17,18)(H,19,20). The molecule has 1 amide bonds. The Kier molecular flexibility index (Phi) is 5.15. The van der Waals surface area contributed by atoms with E-state index in [4.69, 9.17) is 0 Å². The highest BCUT2D eigenvalue weighted by molar-refractivity contribution is 5.99. The Morgan fingerprint density at radius 3 is 2.45 bits per heavy atom. The Balaban J connectivity index is 2.86. The Labute approximate surface area is 122 Å². The van der Waals surface area contributed by atoms with E-state index in [-0.39, 0.29) is 16.9 Å². The quantitative estimate of drug-likeness (QED) is 0.866. The second kappa shape index (κ2) is 6.25. The second-order valence-electron chi connectivity index (χ2n) is 7.01. The fourth-order valence-electron chi connectivity index (χ4n) is 2.64. The molecule has 0 saturated heterocycles. The van der Waals surface area contributed by atoms with Gasteiger partial charge in [-0.25, -0.2) is 4.98 Å². The van der Waals surface area contributed by atoms with Crippen LogP contribution in [-0.4, -0.2) is 23.0 Å². The Morgan fingerprint density at radius 2 is 1.90 bits per heavy atom. The first kappa shape index (κ1) is 16.5. The van der Waals surface area contributed by atoms with Crippen molar-refractivity contribution in [2.75, 3.05) is 11.9 Å². The molecule has 0 spiro atoms. The van der Waals surface area contributed by atoms with Crippen molar-refractivity contribution in [3.05, 3.63) is 23.9 Å². The average molecular weight is 277 g/mol. The summed E-state index contributed by atoms with van der Waals surface area (Å²) in [4.78, 5) is 16.7. The molecule has 4 heteroatoms. The summed E-state index contributed by atoms with van der Waals surface area (Å²) in [5, 5.41) is 6.23. The lowest BCUT2D eigenvalue weighted by Gasteiger charge is -2.33. The van der Waals surface area contributed by atoms with Gasteiger partial charge in [0, 0.05) is 18.3 Å². The average Bonchev–Trinajstić information content (AvgIpc) is 2.25. The molecule has 0 aliphatic rings. The summed E-state index contributed by atoms with van der Waals surface area (Å²) >= 11 is 0. The zero-order valence-corrected chi connectivity index (χ0v) is 13.5. The van der Waals surface area contributed by atoms with Crippen LogP contribution < -0.4 is 10.6 Å². The fourth-order valence-corrected chi connectivity index (χ4v) is 2.64. The number of aromatic nitrogens is 1. The predicted octanol–water partition coefficient (Wildman–Crippen LogP) is 3.46. The highest BCUT2D eigenvalue weighted by Gasteiger charge is 2.28. The molecule has 1 heterocycles. The highest BCUT2D eigenvalue weighted by Crippen LogP contribution is 2.27. The number of carbonyl (C=O) groups is 1. The number of anilines is 1. The molecule has 4 nitrogen and oxygen atoms in total. The number of nitrogens with zero attached hydrogens (tertiary/aromatic N) is 1. The van der Waals surface area contributed by atoms with Gasteiger partial charge in [0.2, 0.25) is 0 Å². The predicted molar refractivity (Wildman–Crippen MR) is 84.0 cm³/mol. The number of amides is 1. The lowest BCUT2D eigenvalue weighted by molar-refractivity contribution is 0.0892. The first-order valence-electron chi connectivity index (χ1n) is 7.16. The van der Waals surface area contributed by atoms with Crippen LogP contribution in [-0.2, 0) is 0 Å². The van der Waals surface area contributed by atoms with Crippen molar-refractivity contribution in [3.63, 3.8) is 0 Å². The minimum atomic E-state index is -0.255. The summed E-state index contributed by atoms with van der Waals surface area (Å²) in [5.74, 6) is 0.558. The molecule has 0 fully saturated rings.